The Morgan fingerprint density at radius 1 is 1.17 bits per heavy atom. The third kappa shape index (κ3) is 6.00. The molecule has 0 fully saturated rings. The van der Waals surface area contributed by atoms with Crippen LogP contribution < -0.4 is 21.7 Å². The largest absolute Gasteiger partial charge is 0.395 e. The van der Waals surface area contributed by atoms with E-state index in [9.17, 15) is 18.8 Å². The second-order valence-electron chi connectivity index (χ2n) is 8.67. The molecule has 1 heterocycles. The van der Waals surface area contributed by atoms with E-state index in [1.807, 2.05) is 13.8 Å². The third-order valence-electron chi connectivity index (χ3n) is 5.52. The van der Waals surface area contributed by atoms with Gasteiger partial charge in [0, 0.05) is 17.3 Å². The molecule has 0 aliphatic rings. The fourth-order valence-electron chi connectivity index (χ4n) is 3.50. The zero-order valence-electron chi connectivity index (χ0n) is 20.0. The molecule has 11 heteroatoms. The fraction of sp³-hybridized carbons (Fsp3) is 0.280. The van der Waals surface area contributed by atoms with Gasteiger partial charge >= 0.3 is 0 Å². The second-order valence-corrected chi connectivity index (χ2v) is 9.86. The number of halogens is 2. The summed E-state index contributed by atoms with van der Waals surface area (Å²) in [4.78, 5) is 40.3. The number of benzene rings is 2. The summed E-state index contributed by atoms with van der Waals surface area (Å²) in [6, 6.07) is 8.99. The maximum Gasteiger partial charge on any atom is 0.273 e. The summed E-state index contributed by atoms with van der Waals surface area (Å²) in [5, 5.41) is 3.24. The number of aromatic nitrogens is 1. The van der Waals surface area contributed by atoms with Crippen molar-refractivity contribution in [2.45, 2.75) is 33.2 Å². The highest BCUT2D eigenvalue weighted by Crippen LogP contribution is 2.35. The highest BCUT2D eigenvalue weighted by molar-refractivity contribution is 7.09. The predicted molar refractivity (Wildman–Crippen MR) is 140 cm³/mol. The Bertz CT molecular complexity index is 1280. The molecule has 36 heavy (non-hydrogen) atoms. The molecule has 0 radical (unpaired) electrons. The molecule has 0 saturated heterocycles. The summed E-state index contributed by atoms with van der Waals surface area (Å²) < 4.78 is 17.7. The average Bonchev–Trinajstić information content (AvgIpc) is 3.21. The van der Waals surface area contributed by atoms with E-state index in [0.717, 1.165) is 12.0 Å². The molecule has 1 aromatic heterocycles. The predicted octanol–water partition coefficient (Wildman–Crippen LogP) is 4.48. The summed E-state index contributed by atoms with van der Waals surface area (Å²) >= 11 is 7.07. The van der Waals surface area contributed by atoms with E-state index in [2.05, 4.69) is 9.69 Å². The monoisotopic (exact) mass is 531 g/mol. The van der Waals surface area contributed by atoms with Gasteiger partial charge in [-0.3, -0.25) is 19.3 Å². The highest BCUT2D eigenvalue weighted by atomic mass is 35.5. The van der Waals surface area contributed by atoms with Gasteiger partial charge in [-0.05, 0) is 66.2 Å². The first kappa shape index (κ1) is 27.1. The van der Waals surface area contributed by atoms with Crippen LogP contribution >= 0.6 is 23.1 Å². The zero-order chi connectivity index (χ0) is 26.6. The second kappa shape index (κ2) is 11.5. The molecule has 3 amide bonds. The minimum Gasteiger partial charge on any atom is -0.395 e. The Kier molecular flexibility index (Phi) is 8.65. The topological polar surface area (TPSA) is 131 Å². The standard InChI is InChI=1S/C25H27ClFN5O3S/c1-13(2)10-11-30-24(34)21(15-5-7-16(27)8-6-15)32(17-9-4-14(3)18(26)12-17)25(35)22-19(28)20(23(29)33)31-36-22/h4-9,12-13,21H,10-11,28H2,1-3H3,(H2,29,33)(H,30,34)/t21-/m0/s1. The zero-order valence-corrected chi connectivity index (χ0v) is 21.6. The van der Waals surface area contributed by atoms with Gasteiger partial charge in [-0.25, -0.2) is 4.39 Å². The lowest BCUT2D eigenvalue weighted by atomic mass is 10.0. The van der Waals surface area contributed by atoms with Gasteiger partial charge in [0.1, 0.15) is 16.7 Å². The van der Waals surface area contributed by atoms with E-state index in [4.69, 9.17) is 23.1 Å². The number of nitrogens with zero attached hydrogens (tertiary/aromatic N) is 2. The number of aryl methyl sites for hydroxylation is 1. The van der Waals surface area contributed by atoms with Gasteiger partial charge in [0.2, 0.25) is 5.91 Å². The lowest BCUT2D eigenvalue weighted by molar-refractivity contribution is -0.122. The number of hydrogen-bond donors (Lipinski definition) is 3. The number of amides is 3. The lowest BCUT2D eigenvalue weighted by Gasteiger charge is -2.31. The number of carbonyl (C=O) groups is 3. The van der Waals surface area contributed by atoms with E-state index < -0.39 is 29.6 Å². The third-order valence-corrected chi connectivity index (χ3v) is 6.78. The highest BCUT2D eigenvalue weighted by Gasteiger charge is 2.36. The maximum atomic E-state index is 13.9. The quantitative estimate of drug-likeness (QED) is 0.374. The summed E-state index contributed by atoms with van der Waals surface area (Å²) in [7, 11) is 0. The molecular weight excluding hydrogens is 505 g/mol. The van der Waals surface area contributed by atoms with Gasteiger partial charge in [-0.2, -0.15) is 4.37 Å². The SMILES string of the molecule is Cc1ccc(N(C(=O)c2snc(C(N)=O)c2N)[C@H](C(=O)NCCC(C)C)c2ccc(F)cc2)cc1Cl. The Hall–Kier alpha value is -3.50. The van der Waals surface area contributed by atoms with Crippen LogP contribution in [0.4, 0.5) is 15.8 Å². The van der Waals surface area contributed by atoms with E-state index in [-0.39, 0.29) is 16.3 Å². The Morgan fingerprint density at radius 2 is 1.83 bits per heavy atom. The first-order valence-electron chi connectivity index (χ1n) is 11.2. The number of hydrogen-bond acceptors (Lipinski definition) is 6. The molecule has 5 N–H and O–H groups in total. The van der Waals surface area contributed by atoms with Gasteiger partial charge < -0.3 is 16.8 Å². The Labute approximate surface area is 217 Å². The number of nitrogen functional groups attached to an aromatic ring is 1. The maximum absolute atomic E-state index is 13.9. The van der Waals surface area contributed by atoms with Crippen LogP contribution in [0.1, 0.15) is 57.6 Å². The molecular formula is C25H27ClFN5O3S. The van der Waals surface area contributed by atoms with Crippen molar-refractivity contribution in [3.8, 4) is 0 Å². The molecule has 0 spiro atoms. The van der Waals surface area contributed by atoms with E-state index in [0.29, 0.717) is 40.3 Å². The number of anilines is 2. The van der Waals surface area contributed by atoms with E-state index in [1.54, 1.807) is 25.1 Å². The normalized spacial score (nSPS) is 11.8. The van der Waals surface area contributed by atoms with Gasteiger partial charge in [-0.15, -0.1) is 0 Å². The number of nitrogens with one attached hydrogen (secondary N) is 1. The van der Waals surface area contributed by atoms with E-state index in [1.165, 1.54) is 29.2 Å². The molecule has 0 saturated carbocycles. The van der Waals surface area contributed by atoms with Gasteiger partial charge in [0.05, 0.1) is 5.69 Å². The molecule has 8 nitrogen and oxygen atoms in total. The van der Waals surface area contributed by atoms with Gasteiger partial charge in [-0.1, -0.05) is 43.6 Å². The number of rotatable bonds is 9. The van der Waals surface area contributed by atoms with Crippen molar-refractivity contribution in [3.05, 3.63) is 75.0 Å². The van der Waals surface area contributed by atoms with Crippen LogP contribution in [0, 0.1) is 18.7 Å². The number of nitrogens with two attached hydrogens (primary N) is 2. The van der Waals surface area contributed by atoms with Crippen molar-refractivity contribution in [2.24, 2.45) is 11.7 Å². The molecule has 3 rings (SSSR count). The number of carbonyl (C=O) groups excluding carboxylic acids is 3. The van der Waals surface area contributed by atoms with Crippen LogP contribution in [0.5, 0.6) is 0 Å². The first-order valence-corrected chi connectivity index (χ1v) is 12.3. The van der Waals surface area contributed by atoms with Crippen LogP contribution in [0.3, 0.4) is 0 Å². The van der Waals surface area contributed by atoms with Crippen molar-refractivity contribution in [3.63, 3.8) is 0 Å². The average molecular weight is 532 g/mol. The summed E-state index contributed by atoms with van der Waals surface area (Å²) in [5.74, 6) is -2.20. The molecule has 2 aromatic carbocycles. The van der Waals surface area contributed by atoms with Crippen molar-refractivity contribution in [1.82, 2.24) is 9.69 Å². The van der Waals surface area contributed by atoms with Crippen LogP contribution in [0.25, 0.3) is 0 Å². The van der Waals surface area contributed by atoms with Gasteiger partial charge in [0.15, 0.2) is 5.69 Å². The van der Waals surface area contributed by atoms with Crippen molar-refractivity contribution in [1.29, 1.82) is 0 Å². The lowest BCUT2D eigenvalue weighted by Crippen LogP contribution is -2.44. The molecule has 0 bridgehead atoms. The Balaban J connectivity index is 2.18. The molecule has 190 valence electrons. The number of primary amides is 1. The summed E-state index contributed by atoms with van der Waals surface area (Å²) in [5.41, 5.74) is 12.4. The Morgan fingerprint density at radius 3 is 2.39 bits per heavy atom. The summed E-state index contributed by atoms with van der Waals surface area (Å²) in [6.45, 7) is 6.22. The molecule has 3 aromatic rings. The fourth-order valence-corrected chi connectivity index (χ4v) is 4.41. The molecule has 0 aliphatic heterocycles. The van der Waals surface area contributed by atoms with Crippen LogP contribution in [-0.2, 0) is 4.79 Å². The van der Waals surface area contributed by atoms with Gasteiger partial charge in [0.25, 0.3) is 11.8 Å². The molecule has 0 aliphatic carbocycles. The summed E-state index contributed by atoms with van der Waals surface area (Å²) in [6.07, 6.45) is 0.718. The van der Waals surface area contributed by atoms with Crippen molar-refractivity contribution >= 4 is 52.2 Å². The minimum atomic E-state index is -1.21. The van der Waals surface area contributed by atoms with E-state index >= 15 is 0 Å². The minimum absolute atomic E-state index is 0.0670. The van der Waals surface area contributed by atoms with Crippen molar-refractivity contribution in [2.75, 3.05) is 17.2 Å². The first-order chi connectivity index (χ1) is 17.0. The van der Waals surface area contributed by atoms with Crippen molar-refractivity contribution < 1.29 is 18.8 Å². The van der Waals surface area contributed by atoms with Crippen LogP contribution in [0.2, 0.25) is 5.02 Å². The molecule has 1 atom stereocenters. The van der Waals surface area contributed by atoms with Crippen LogP contribution in [-0.4, -0.2) is 28.6 Å². The molecule has 0 unspecified atom stereocenters. The van der Waals surface area contributed by atoms with Crippen LogP contribution in [0.15, 0.2) is 42.5 Å². The smallest absolute Gasteiger partial charge is 0.273 e.